The molecule has 144 valence electrons. The molecule has 2 rings (SSSR count). The molecule has 0 aromatic carbocycles. The second-order valence-electron chi connectivity index (χ2n) is 7.27. The van der Waals surface area contributed by atoms with Crippen LogP contribution >= 0.6 is 0 Å². The normalized spacial score (nSPS) is 20.3. The molecular formula is C15H27N3O6S. The number of carbonyl (C=O) groups is 2. The molecule has 0 saturated carbocycles. The van der Waals surface area contributed by atoms with Crippen LogP contribution in [0.1, 0.15) is 20.8 Å². The standard InChI is InChI=1S/C15H27N3O6S/c1-15(2,3)24-14(20)16-5-7-18(8-6-16)25(21,22)12-9-17(10-12)13(19)11-23-4/h12H,5-11H2,1-4H3. The van der Waals surface area contributed by atoms with Gasteiger partial charge in [0, 0.05) is 46.4 Å². The maximum absolute atomic E-state index is 12.6. The lowest BCUT2D eigenvalue weighted by Gasteiger charge is -2.42. The van der Waals surface area contributed by atoms with Gasteiger partial charge in [0.25, 0.3) is 0 Å². The first-order valence-electron chi connectivity index (χ1n) is 8.28. The van der Waals surface area contributed by atoms with Crippen LogP contribution in [-0.2, 0) is 24.3 Å². The van der Waals surface area contributed by atoms with Crippen LogP contribution in [0.3, 0.4) is 0 Å². The summed E-state index contributed by atoms with van der Waals surface area (Å²) in [5, 5.41) is -0.582. The maximum atomic E-state index is 12.6. The van der Waals surface area contributed by atoms with Crippen molar-refractivity contribution in [3.05, 3.63) is 0 Å². The number of rotatable bonds is 4. The Kier molecular flexibility index (Phi) is 5.95. The van der Waals surface area contributed by atoms with Gasteiger partial charge in [0.15, 0.2) is 0 Å². The van der Waals surface area contributed by atoms with Gasteiger partial charge in [0.05, 0.1) is 0 Å². The van der Waals surface area contributed by atoms with Crippen LogP contribution in [0.15, 0.2) is 0 Å². The molecule has 2 aliphatic rings. The lowest BCUT2D eigenvalue weighted by molar-refractivity contribution is -0.138. The third-order valence-electron chi connectivity index (χ3n) is 4.14. The molecule has 0 radical (unpaired) electrons. The lowest BCUT2D eigenvalue weighted by Crippen LogP contribution is -2.62. The summed E-state index contributed by atoms with van der Waals surface area (Å²) in [4.78, 5) is 26.7. The number of piperazine rings is 1. The van der Waals surface area contributed by atoms with Gasteiger partial charge in [-0.1, -0.05) is 0 Å². The van der Waals surface area contributed by atoms with Gasteiger partial charge in [-0.3, -0.25) is 4.79 Å². The number of ether oxygens (including phenoxy) is 2. The van der Waals surface area contributed by atoms with E-state index in [0.717, 1.165) is 0 Å². The van der Waals surface area contributed by atoms with Crippen LogP contribution < -0.4 is 0 Å². The summed E-state index contributed by atoms with van der Waals surface area (Å²) in [5.41, 5.74) is -0.579. The van der Waals surface area contributed by atoms with Crippen LogP contribution in [0.25, 0.3) is 0 Å². The van der Waals surface area contributed by atoms with Crippen molar-refractivity contribution in [3.63, 3.8) is 0 Å². The van der Waals surface area contributed by atoms with E-state index in [1.54, 1.807) is 20.8 Å². The average molecular weight is 377 g/mol. The number of methoxy groups -OCH3 is 1. The zero-order chi connectivity index (χ0) is 18.8. The van der Waals surface area contributed by atoms with Crippen molar-refractivity contribution in [2.24, 2.45) is 0 Å². The van der Waals surface area contributed by atoms with E-state index < -0.39 is 27.0 Å². The second kappa shape index (κ2) is 7.46. The number of hydrogen-bond donors (Lipinski definition) is 0. The second-order valence-corrected chi connectivity index (χ2v) is 9.48. The summed E-state index contributed by atoms with van der Waals surface area (Å²) in [6.45, 7) is 6.79. The molecule has 10 heteroatoms. The Morgan fingerprint density at radius 2 is 1.60 bits per heavy atom. The van der Waals surface area contributed by atoms with Gasteiger partial charge in [-0.15, -0.1) is 0 Å². The molecule has 0 aromatic rings. The minimum atomic E-state index is -3.47. The predicted molar refractivity (Wildman–Crippen MR) is 90.5 cm³/mol. The molecule has 0 atom stereocenters. The molecule has 0 aromatic heterocycles. The molecule has 0 bridgehead atoms. The van der Waals surface area contributed by atoms with E-state index in [2.05, 4.69) is 0 Å². The van der Waals surface area contributed by atoms with Crippen molar-refractivity contribution in [1.29, 1.82) is 0 Å². The van der Waals surface area contributed by atoms with Crippen LogP contribution in [0.5, 0.6) is 0 Å². The zero-order valence-corrected chi connectivity index (χ0v) is 16.0. The zero-order valence-electron chi connectivity index (χ0n) is 15.2. The molecule has 2 aliphatic heterocycles. The van der Waals surface area contributed by atoms with Crippen LogP contribution in [-0.4, -0.2) is 98.4 Å². The summed E-state index contributed by atoms with van der Waals surface area (Å²) in [5.74, 6) is -0.205. The first-order chi connectivity index (χ1) is 11.5. The lowest BCUT2D eigenvalue weighted by atomic mass is 10.2. The molecular weight excluding hydrogens is 350 g/mol. The molecule has 0 unspecified atom stereocenters. The Morgan fingerprint density at radius 3 is 2.08 bits per heavy atom. The molecule has 9 nitrogen and oxygen atoms in total. The fraction of sp³-hybridized carbons (Fsp3) is 0.867. The van der Waals surface area contributed by atoms with Gasteiger partial charge in [0.1, 0.15) is 17.5 Å². The van der Waals surface area contributed by atoms with Crippen molar-refractivity contribution in [2.75, 3.05) is 53.0 Å². The molecule has 2 heterocycles. The van der Waals surface area contributed by atoms with Gasteiger partial charge < -0.3 is 19.3 Å². The molecule has 0 spiro atoms. The van der Waals surface area contributed by atoms with Gasteiger partial charge in [-0.2, -0.15) is 4.31 Å². The van der Waals surface area contributed by atoms with Gasteiger partial charge >= 0.3 is 6.09 Å². The largest absolute Gasteiger partial charge is 0.444 e. The first kappa shape index (κ1) is 19.9. The predicted octanol–water partition coefficient (Wildman–Crippen LogP) is -0.274. The molecule has 2 saturated heterocycles. The number of carbonyl (C=O) groups excluding carboxylic acids is 2. The van der Waals surface area contributed by atoms with E-state index in [4.69, 9.17) is 9.47 Å². The van der Waals surface area contributed by atoms with Crippen LogP contribution in [0, 0.1) is 0 Å². The van der Waals surface area contributed by atoms with Crippen molar-refractivity contribution in [2.45, 2.75) is 31.6 Å². The van der Waals surface area contributed by atoms with E-state index in [1.807, 2.05) is 0 Å². The monoisotopic (exact) mass is 377 g/mol. The highest BCUT2D eigenvalue weighted by Crippen LogP contribution is 2.22. The summed E-state index contributed by atoms with van der Waals surface area (Å²) in [6, 6.07) is 0. The molecule has 0 aliphatic carbocycles. The van der Waals surface area contributed by atoms with E-state index in [1.165, 1.54) is 21.2 Å². The van der Waals surface area contributed by atoms with E-state index >= 15 is 0 Å². The number of sulfonamides is 1. The summed E-state index contributed by atoms with van der Waals surface area (Å²) in [7, 11) is -2.04. The summed E-state index contributed by atoms with van der Waals surface area (Å²) >= 11 is 0. The highest BCUT2D eigenvalue weighted by Gasteiger charge is 2.43. The Morgan fingerprint density at radius 1 is 1.04 bits per heavy atom. The van der Waals surface area contributed by atoms with Crippen molar-refractivity contribution >= 4 is 22.0 Å². The smallest absolute Gasteiger partial charge is 0.410 e. The van der Waals surface area contributed by atoms with Gasteiger partial charge in [-0.05, 0) is 20.8 Å². The first-order valence-corrected chi connectivity index (χ1v) is 9.78. The maximum Gasteiger partial charge on any atom is 0.410 e. The van der Waals surface area contributed by atoms with Crippen LogP contribution in [0.2, 0.25) is 0 Å². The number of likely N-dealkylation sites (tertiary alicyclic amines) is 1. The minimum absolute atomic E-state index is 0.0403. The highest BCUT2D eigenvalue weighted by atomic mass is 32.2. The molecule has 25 heavy (non-hydrogen) atoms. The van der Waals surface area contributed by atoms with Crippen molar-refractivity contribution in [3.8, 4) is 0 Å². The Labute approximate surface area is 148 Å². The SMILES string of the molecule is COCC(=O)N1CC(S(=O)(=O)N2CCN(C(=O)OC(C)(C)C)CC2)C1. The van der Waals surface area contributed by atoms with Gasteiger partial charge in [-0.25, -0.2) is 13.2 Å². The minimum Gasteiger partial charge on any atom is -0.444 e. The topological polar surface area (TPSA) is 96.5 Å². The van der Waals surface area contributed by atoms with Crippen molar-refractivity contribution in [1.82, 2.24) is 14.1 Å². The summed E-state index contributed by atoms with van der Waals surface area (Å²) in [6.07, 6.45) is -0.426. The van der Waals surface area contributed by atoms with Gasteiger partial charge in [0.2, 0.25) is 15.9 Å². The fourth-order valence-corrected chi connectivity index (χ4v) is 4.54. The van der Waals surface area contributed by atoms with Crippen LogP contribution in [0.4, 0.5) is 4.79 Å². The number of hydrogen-bond acceptors (Lipinski definition) is 6. The summed E-state index contributed by atoms with van der Waals surface area (Å²) < 4.78 is 36.7. The van der Waals surface area contributed by atoms with E-state index in [-0.39, 0.29) is 38.7 Å². The Bertz CT molecular complexity index is 601. The third kappa shape index (κ3) is 4.83. The number of amides is 2. The van der Waals surface area contributed by atoms with E-state index in [0.29, 0.717) is 13.1 Å². The van der Waals surface area contributed by atoms with Crippen molar-refractivity contribution < 1.29 is 27.5 Å². The van der Waals surface area contributed by atoms with E-state index in [9.17, 15) is 18.0 Å². The number of nitrogens with zero attached hydrogens (tertiary/aromatic N) is 3. The molecule has 2 fully saturated rings. The highest BCUT2D eigenvalue weighted by molar-refractivity contribution is 7.89. The third-order valence-corrected chi connectivity index (χ3v) is 6.37. The quantitative estimate of drug-likeness (QED) is 0.669. The Hall–Kier alpha value is -1.39. The molecule has 2 amide bonds. The Balaban J connectivity index is 1.84. The molecule has 0 N–H and O–H groups in total. The average Bonchev–Trinajstić information content (AvgIpc) is 2.44. The fourth-order valence-electron chi connectivity index (χ4n) is 2.71.